The fourth-order valence-electron chi connectivity index (χ4n) is 2.18. The molecule has 0 spiro atoms. The van der Waals surface area contributed by atoms with Crippen LogP contribution < -0.4 is 10.5 Å². The third-order valence-electron chi connectivity index (χ3n) is 3.09. The Kier molecular flexibility index (Phi) is 2.26. The zero-order valence-electron chi connectivity index (χ0n) is 10.3. The Morgan fingerprint density at radius 1 is 1.33 bits per heavy atom. The van der Waals surface area contributed by atoms with E-state index in [9.17, 15) is 0 Å². The summed E-state index contributed by atoms with van der Waals surface area (Å²) in [7, 11) is 3.67. The normalized spacial score (nSPS) is 11.0. The highest BCUT2D eigenvalue weighted by Crippen LogP contribution is 2.31. The van der Waals surface area contributed by atoms with E-state index >= 15 is 0 Å². The summed E-state index contributed by atoms with van der Waals surface area (Å²) < 4.78 is 7.30. The van der Waals surface area contributed by atoms with Gasteiger partial charge in [-0.2, -0.15) is 5.10 Å². The summed E-state index contributed by atoms with van der Waals surface area (Å²) in [6, 6.07) is 7.84. The standard InChI is InChI=1S/C13H14N4O/c1-17-7-10(11-6-13(14)16-15-11)9-4-3-8(18-2)5-12(9)17/h3-7H,1-2H3,(H3,14,15,16). The van der Waals surface area contributed by atoms with Crippen molar-refractivity contribution >= 4 is 16.7 Å². The third kappa shape index (κ3) is 1.52. The molecule has 0 bridgehead atoms. The highest BCUT2D eigenvalue weighted by atomic mass is 16.5. The fourth-order valence-corrected chi connectivity index (χ4v) is 2.18. The average Bonchev–Trinajstić information content (AvgIpc) is 2.94. The molecule has 2 heterocycles. The first-order valence-corrected chi connectivity index (χ1v) is 5.63. The summed E-state index contributed by atoms with van der Waals surface area (Å²) in [6.45, 7) is 0. The molecule has 0 atom stereocenters. The SMILES string of the molecule is COc1ccc2c(-c3cc(N)n[nH]3)cn(C)c2c1. The topological polar surface area (TPSA) is 68.9 Å². The molecule has 0 aliphatic rings. The number of aromatic amines is 1. The number of H-pyrrole nitrogens is 1. The molecule has 0 aliphatic heterocycles. The molecule has 3 N–H and O–H groups in total. The van der Waals surface area contributed by atoms with Crippen LogP contribution in [0, 0.1) is 0 Å². The Hall–Kier alpha value is -2.43. The number of anilines is 1. The summed E-state index contributed by atoms with van der Waals surface area (Å²) in [5, 5.41) is 8.04. The van der Waals surface area contributed by atoms with Crippen molar-refractivity contribution in [2.45, 2.75) is 0 Å². The van der Waals surface area contributed by atoms with Gasteiger partial charge in [-0.15, -0.1) is 0 Å². The molecule has 0 saturated heterocycles. The van der Waals surface area contributed by atoms with Gasteiger partial charge in [0.15, 0.2) is 0 Å². The van der Waals surface area contributed by atoms with Gasteiger partial charge in [-0.1, -0.05) is 0 Å². The van der Waals surface area contributed by atoms with E-state index in [1.807, 2.05) is 31.3 Å². The molecule has 0 amide bonds. The minimum absolute atomic E-state index is 0.496. The van der Waals surface area contributed by atoms with E-state index in [0.29, 0.717) is 5.82 Å². The molecular weight excluding hydrogens is 228 g/mol. The van der Waals surface area contributed by atoms with Crippen LogP contribution in [0.1, 0.15) is 0 Å². The first-order valence-electron chi connectivity index (χ1n) is 5.63. The van der Waals surface area contributed by atoms with Crippen LogP contribution in [0.5, 0.6) is 5.75 Å². The Morgan fingerprint density at radius 2 is 2.17 bits per heavy atom. The van der Waals surface area contributed by atoms with Crippen LogP contribution in [-0.2, 0) is 7.05 Å². The number of nitrogen functional groups attached to an aromatic ring is 1. The van der Waals surface area contributed by atoms with E-state index in [1.54, 1.807) is 7.11 Å². The van der Waals surface area contributed by atoms with E-state index in [1.165, 1.54) is 0 Å². The van der Waals surface area contributed by atoms with Crippen LogP contribution in [0.3, 0.4) is 0 Å². The van der Waals surface area contributed by atoms with Gasteiger partial charge in [0.1, 0.15) is 11.6 Å². The quantitative estimate of drug-likeness (QED) is 0.723. The first kappa shape index (κ1) is 10.7. The molecule has 2 aromatic heterocycles. The fraction of sp³-hybridized carbons (Fsp3) is 0.154. The maximum Gasteiger partial charge on any atom is 0.145 e. The van der Waals surface area contributed by atoms with Crippen molar-refractivity contribution in [2.75, 3.05) is 12.8 Å². The maximum absolute atomic E-state index is 5.64. The zero-order valence-corrected chi connectivity index (χ0v) is 10.3. The highest BCUT2D eigenvalue weighted by Gasteiger charge is 2.11. The monoisotopic (exact) mass is 242 g/mol. The number of hydrogen-bond donors (Lipinski definition) is 2. The number of ether oxygens (including phenoxy) is 1. The second-order valence-corrected chi connectivity index (χ2v) is 4.24. The van der Waals surface area contributed by atoms with Gasteiger partial charge in [0.2, 0.25) is 0 Å². The highest BCUT2D eigenvalue weighted by molar-refractivity contribution is 5.96. The number of fused-ring (bicyclic) bond motifs is 1. The number of rotatable bonds is 2. The lowest BCUT2D eigenvalue weighted by atomic mass is 10.1. The van der Waals surface area contributed by atoms with Gasteiger partial charge in [0.25, 0.3) is 0 Å². The van der Waals surface area contributed by atoms with E-state index in [-0.39, 0.29) is 0 Å². The molecule has 0 unspecified atom stereocenters. The Balaban J connectivity index is 2.25. The molecule has 5 heteroatoms. The molecule has 5 nitrogen and oxygen atoms in total. The van der Waals surface area contributed by atoms with Crippen LogP contribution in [0.15, 0.2) is 30.5 Å². The summed E-state index contributed by atoms with van der Waals surface area (Å²) in [4.78, 5) is 0. The van der Waals surface area contributed by atoms with Crippen LogP contribution in [0.2, 0.25) is 0 Å². The predicted octanol–water partition coefficient (Wildman–Crippen LogP) is 2.16. The lowest BCUT2D eigenvalue weighted by Crippen LogP contribution is -1.86. The number of aromatic nitrogens is 3. The molecule has 0 fully saturated rings. The van der Waals surface area contributed by atoms with Gasteiger partial charge >= 0.3 is 0 Å². The van der Waals surface area contributed by atoms with Gasteiger partial charge in [-0.25, -0.2) is 0 Å². The predicted molar refractivity (Wildman–Crippen MR) is 71.5 cm³/mol. The third-order valence-corrected chi connectivity index (χ3v) is 3.09. The first-order chi connectivity index (χ1) is 8.69. The van der Waals surface area contributed by atoms with E-state index < -0.39 is 0 Å². The number of hydrogen-bond acceptors (Lipinski definition) is 3. The Labute approximate surface area is 104 Å². The van der Waals surface area contributed by atoms with Gasteiger partial charge in [0, 0.05) is 36.3 Å². The van der Waals surface area contributed by atoms with Gasteiger partial charge in [-0.05, 0) is 12.1 Å². The number of nitrogens with two attached hydrogens (primary N) is 1. The summed E-state index contributed by atoms with van der Waals surface area (Å²) in [6.07, 6.45) is 2.05. The van der Waals surface area contributed by atoms with Crippen LogP contribution >= 0.6 is 0 Å². The second kappa shape index (κ2) is 3.80. The maximum atomic E-state index is 5.64. The van der Waals surface area contributed by atoms with E-state index in [4.69, 9.17) is 10.5 Å². The average molecular weight is 242 g/mol. The Morgan fingerprint density at radius 3 is 2.83 bits per heavy atom. The van der Waals surface area contributed by atoms with E-state index in [2.05, 4.69) is 21.0 Å². The van der Waals surface area contributed by atoms with Gasteiger partial charge in [0.05, 0.1) is 18.3 Å². The van der Waals surface area contributed by atoms with E-state index in [0.717, 1.165) is 27.9 Å². The van der Waals surface area contributed by atoms with Crippen molar-refractivity contribution in [3.8, 4) is 17.0 Å². The van der Waals surface area contributed by atoms with Crippen molar-refractivity contribution in [3.05, 3.63) is 30.5 Å². The summed E-state index contributed by atoms with van der Waals surface area (Å²) in [5.74, 6) is 1.34. The van der Waals surface area contributed by atoms with Crippen LogP contribution in [0.25, 0.3) is 22.2 Å². The number of methoxy groups -OCH3 is 1. The molecule has 1 aromatic carbocycles. The van der Waals surface area contributed by atoms with Gasteiger partial charge < -0.3 is 15.0 Å². The summed E-state index contributed by atoms with van der Waals surface area (Å²) in [5.41, 5.74) is 8.75. The second-order valence-electron chi connectivity index (χ2n) is 4.24. The minimum atomic E-state index is 0.496. The largest absolute Gasteiger partial charge is 0.497 e. The van der Waals surface area contributed by atoms with Gasteiger partial charge in [-0.3, -0.25) is 5.10 Å². The van der Waals surface area contributed by atoms with Crippen molar-refractivity contribution in [2.24, 2.45) is 7.05 Å². The lowest BCUT2D eigenvalue weighted by molar-refractivity contribution is 0.415. The smallest absolute Gasteiger partial charge is 0.145 e. The zero-order chi connectivity index (χ0) is 12.7. The number of nitrogens with zero attached hydrogens (tertiary/aromatic N) is 2. The summed E-state index contributed by atoms with van der Waals surface area (Å²) >= 11 is 0. The molecule has 3 aromatic rings. The van der Waals surface area contributed by atoms with Crippen LogP contribution in [-0.4, -0.2) is 21.9 Å². The molecule has 0 radical (unpaired) electrons. The Bertz CT molecular complexity index is 711. The number of nitrogens with one attached hydrogen (secondary N) is 1. The molecule has 0 aliphatic carbocycles. The number of benzene rings is 1. The number of aryl methyl sites for hydroxylation is 1. The molecule has 0 saturated carbocycles. The lowest BCUT2D eigenvalue weighted by Gasteiger charge is -2.01. The van der Waals surface area contributed by atoms with Crippen molar-refractivity contribution in [1.29, 1.82) is 0 Å². The van der Waals surface area contributed by atoms with Crippen molar-refractivity contribution in [3.63, 3.8) is 0 Å². The molecular formula is C13H14N4O. The molecule has 3 rings (SSSR count). The van der Waals surface area contributed by atoms with Crippen LogP contribution in [0.4, 0.5) is 5.82 Å². The van der Waals surface area contributed by atoms with Crippen molar-refractivity contribution in [1.82, 2.24) is 14.8 Å². The molecule has 92 valence electrons. The van der Waals surface area contributed by atoms with Crippen molar-refractivity contribution < 1.29 is 4.74 Å². The minimum Gasteiger partial charge on any atom is -0.497 e. The molecule has 18 heavy (non-hydrogen) atoms.